The molecule has 3 aromatic carbocycles. The summed E-state index contributed by atoms with van der Waals surface area (Å²) in [5, 5.41) is 3.40. The standard InChI is InChI=1S/C24H27F2N3/c25-22-7-3-18(4-8-22)20-12-17(15-29-16-24(28)2-1-11-27)13-21(14-20)19-5-9-23(26)10-6-19/h3-10,12-14,24,29H,1-2,11,15-16,27-28H2. The summed E-state index contributed by atoms with van der Waals surface area (Å²) in [5.74, 6) is -0.534. The first-order valence-electron chi connectivity index (χ1n) is 9.87. The van der Waals surface area contributed by atoms with Gasteiger partial charge in [-0.3, -0.25) is 0 Å². The lowest BCUT2D eigenvalue weighted by molar-refractivity contribution is 0.531. The van der Waals surface area contributed by atoms with Crippen molar-refractivity contribution in [3.63, 3.8) is 0 Å². The monoisotopic (exact) mass is 395 g/mol. The first-order valence-corrected chi connectivity index (χ1v) is 9.87. The molecule has 0 amide bonds. The second kappa shape index (κ2) is 10.3. The first kappa shape index (κ1) is 21.1. The van der Waals surface area contributed by atoms with Crippen molar-refractivity contribution in [3.8, 4) is 22.3 Å². The minimum atomic E-state index is -0.267. The van der Waals surface area contributed by atoms with Crippen LogP contribution in [0.25, 0.3) is 22.3 Å². The summed E-state index contributed by atoms with van der Waals surface area (Å²) in [7, 11) is 0. The molecule has 29 heavy (non-hydrogen) atoms. The molecule has 0 heterocycles. The van der Waals surface area contributed by atoms with Gasteiger partial charge >= 0.3 is 0 Å². The lowest BCUT2D eigenvalue weighted by Crippen LogP contribution is -2.33. The summed E-state index contributed by atoms with van der Waals surface area (Å²) in [6, 6.07) is 19.1. The molecule has 0 aliphatic carbocycles. The van der Waals surface area contributed by atoms with Crippen molar-refractivity contribution in [3.05, 3.63) is 83.9 Å². The number of hydrogen-bond acceptors (Lipinski definition) is 3. The average Bonchev–Trinajstić information content (AvgIpc) is 2.73. The summed E-state index contributed by atoms with van der Waals surface area (Å²) in [6.07, 6.45) is 1.80. The zero-order chi connectivity index (χ0) is 20.6. The summed E-state index contributed by atoms with van der Waals surface area (Å²) in [4.78, 5) is 0. The van der Waals surface area contributed by atoms with Crippen LogP contribution in [0.4, 0.5) is 8.78 Å². The zero-order valence-corrected chi connectivity index (χ0v) is 16.4. The van der Waals surface area contributed by atoms with Crippen LogP contribution in [0, 0.1) is 11.6 Å². The molecule has 0 saturated carbocycles. The molecule has 152 valence electrons. The smallest absolute Gasteiger partial charge is 0.123 e. The van der Waals surface area contributed by atoms with E-state index in [0.29, 0.717) is 19.6 Å². The molecular formula is C24H27F2N3. The maximum absolute atomic E-state index is 13.3. The molecule has 1 atom stereocenters. The van der Waals surface area contributed by atoms with Gasteiger partial charge in [0.15, 0.2) is 0 Å². The van der Waals surface area contributed by atoms with Crippen LogP contribution in [0.5, 0.6) is 0 Å². The fraction of sp³-hybridized carbons (Fsp3) is 0.250. The molecule has 1 unspecified atom stereocenters. The van der Waals surface area contributed by atoms with E-state index in [1.807, 2.05) is 6.07 Å². The van der Waals surface area contributed by atoms with E-state index in [4.69, 9.17) is 11.5 Å². The Balaban J connectivity index is 1.84. The van der Waals surface area contributed by atoms with Crippen LogP contribution in [0.3, 0.4) is 0 Å². The van der Waals surface area contributed by atoms with E-state index in [-0.39, 0.29) is 17.7 Å². The Labute approximate surface area is 170 Å². The molecular weight excluding hydrogens is 368 g/mol. The summed E-state index contributed by atoms with van der Waals surface area (Å²) >= 11 is 0. The normalized spacial score (nSPS) is 12.1. The molecule has 0 spiro atoms. The number of nitrogens with two attached hydrogens (primary N) is 2. The van der Waals surface area contributed by atoms with Gasteiger partial charge in [0.25, 0.3) is 0 Å². The van der Waals surface area contributed by atoms with E-state index < -0.39 is 0 Å². The Kier molecular flexibility index (Phi) is 7.47. The molecule has 3 rings (SSSR count). The van der Waals surface area contributed by atoms with Crippen LogP contribution in [0.2, 0.25) is 0 Å². The van der Waals surface area contributed by atoms with Gasteiger partial charge < -0.3 is 16.8 Å². The van der Waals surface area contributed by atoms with E-state index in [1.54, 1.807) is 24.3 Å². The third-order valence-corrected chi connectivity index (χ3v) is 4.86. The van der Waals surface area contributed by atoms with Crippen molar-refractivity contribution in [2.75, 3.05) is 13.1 Å². The lowest BCUT2D eigenvalue weighted by Gasteiger charge is -2.14. The van der Waals surface area contributed by atoms with Gasteiger partial charge in [0, 0.05) is 19.1 Å². The van der Waals surface area contributed by atoms with Crippen LogP contribution in [-0.2, 0) is 6.54 Å². The van der Waals surface area contributed by atoms with Gasteiger partial charge in [0.05, 0.1) is 0 Å². The van der Waals surface area contributed by atoms with E-state index in [2.05, 4.69) is 17.4 Å². The summed E-state index contributed by atoms with van der Waals surface area (Å²) in [6.45, 7) is 2.00. The summed E-state index contributed by atoms with van der Waals surface area (Å²) < 4.78 is 26.7. The highest BCUT2D eigenvalue weighted by Crippen LogP contribution is 2.29. The second-order valence-electron chi connectivity index (χ2n) is 7.25. The minimum absolute atomic E-state index is 0.0652. The van der Waals surface area contributed by atoms with Gasteiger partial charge in [-0.2, -0.15) is 0 Å². The molecule has 0 saturated heterocycles. The molecule has 0 bridgehead atoms. The number of benzene rings is 3. The number of halogens is 2. The molecule has 3 aromatic rings. The van der Waals surface area contributed by atoms with E-state index in [9.17, 15) is 8.78 Å². The summed E-state index contributed by atoms with van der Waals surface area (Å²) in [5.41, 5.74) is 16.5. The Hall–Kier alpha value is -2.60. The molecule has 0 aliphatic heterocycles. The minimum Gasteiger partial charge on any atom is -0.330 e. The van der Waals surface area contributed by atoms with Crippen molar-refractivity contribution in [2.24, 2.45) is 11.5 Å². The van der Waals surface area contributed by atoms with Crippen molar-refractivity contribution < 1.29 is 8.78 Å². The van der Waals surface area contributed by atoms with E-state index in [1.165, 1.54) is 24.3 Å². The molecule has 5 N–H and O–H groups in total. The highest BCUT2D eigenvalue weighted by Gasteiger charge is 2.08. The van der Waals surface area contributed by atoms with Crippen molar-refractivity contribution >= 4 is 0 Å². The van der Waals surface area contributed by atoms with Crippen LogP contribution < -0.4 is 16.8 Å². The number of hydrogen-bond donors (Lipinski definition) is 3. The van der Waals surface area contributed by atoms with Crippen LogP contribution in [0.15, 0.2) is 66.7 Å². The van der Waals surface area contributed by atoms with Crippen molar-refractivity contribution in [1.82, 2.24) is 5.32 Å². The fourth-order valence-electron chi connectivity index (χ4n) is 3.30. The average molecular weight is 395 g/mol. The molecule has 0 aromatic heterocycles. The Bertz CT molecular complexity index is 845. The van der Waals surface area contributed by atoms with E-state index in [0.717, 1.165) is 40.7 Å². The van der Waals surface area contributed by atoms with Crippen molar-refractivity contribution in [1.29, 1.82) is 0 Å². The highest BCUT2D eigenvalue weighted by atomic mass is 19.1. The SMILES string of the molecule is NCCCC(N)CNCc1cc(-c2ccc(F)cc2)cc(-c2ccc(F)cc2)c1. The Morgan fingerprint density at radius 2 is 1.28 bits per heavy atom. The fourth-order valence-corrected chi connectivity index (χ4v) is 3.30. The van der Waals surface area contributed by atoms with Gasteiger partial charge in [-0.05, 0) is 89.7 Å². The number of nitrogens with one attached hydrogen (secondary N) is 1. The van der Waals surface area contributed by atoms with Crippen molar-refractivity contribution in [2.45, 2.75) is 25.4 Å². The predicted molar refractivity (Wildman–Crippen MR) is 115 cm³/mol. The van der Waals surface area contributed by atoms with E-state index >= 15 is 0 Å². The van der Waals surface area contributed by atoms with Gasteiger partial charge in [-0.25, -0.2) is 8.78 Å². The second-order valence-corrected chi connectivity index (χ2v) is 7.25. The van der Waals surface area contributed by atoms with Crippen LogP contribution in [0.1, 0.15) is 18.4 Å². The van der Waals surface area contributed by atoms with Gasteiger partial charge in [0.2, 0.25) is 0 Å². The third kappa shape index (κ3) is 6.19. The van der Waals surface area contributed by atoms with Gasteiger partial charge in [-0.15, -0.1) is 0 Å². The Morgan fingerprint density at radius 3 is 1.76 bits per heavy atom. The van der Waals surface area contributed by atoms with Gasteiger partial charge in [-0.1, -0.05) is 24.3 Å². The molecule has 5 heteroatoms. The largest absolute Gasteiger partial charge is 0.330 e. The lowest BCUT2D eigenvalue weighted by atomic mass is 9.96. The zero-order valence-electron chi connectivity index (χ0n) is 16.4. The predicted octanol–water partition coefficient (Wildman–Crippen LogP) is 4.45. The van der Waals surface area contributed by atoms with Gasteiger partial charge in [0.1, 0.15) is 11.6 Å². The molecule has 3 nitrogen and oxygen atoms in total. The quantitative estimate of drug-likeness (QED) is 0.501. The maximum Gasteiger partial charge on any atom is 0.123 e. The first-order chi connectivity index (χ1) is 14.0. The van der Waals surface area contributed by atoms with Crippen LogP contribution in [-0.4, -0.2) is 19.1 Å². The maximum atomic E-state index is 13.3. The molecule has 0 radical (unpaired) electrons. The highest BCUT2D eigenvalue weighted by molar-refractivity contribution is 5.74. The topological polar surface area (TPSA) is 64.1 Å². The molecule has 0 fully saturated rings. The van der Waals surface area contributed by atoms with Crippen LogP contribution >= 0.6 is 0 Å². The molecule has 0 aliphatic rings. The Morgan fingerprint density at radius 1 is 0.759 bits per heavy atom. The third-order valence-electron chi connectivity index (χ3n) is 4.86. The number of rotatable bonds is 9.